The molecule has 1 aromatic heterocycles. The van der Waals surface area contributed by atoms with Gasteiger partial charge in [-0.2, -0.15) is 0 Å². The molecule has 0 bridgehead atoms. The number of rotatable bonds is 2. The number of aromatic nitrogens is 1. The van der Waals surface area contributed by atoms with E-state index < -0.39 is 5.97 Å². The van der Waals surface area contributed by atoms with Gasteiger partial charge >= 0.3 is 5.97 Å². The Balaban J connectivity index is 2.95. The highest BCUT2D eigenvalue weighted by Gasteiger charge is 2.12. The summed E-state index contributed by atoms with van der Waals surface area (Å²) in [5.74, 6) is -0.828. The summed E-state index contributed by atoms with van der Waals surface area (Å²) in [6, 6.07) is 3.14. The van der Waals surface area contributed by atoms with Gasteiger partial charge in [0.2, 0.25) is 5.88 Å². The van der Waals surface area contributed by atoms with Gasteiger partial charge in [-0.05, 0) is 26.0 Å². The molecule has 1 aromatic rings. The molecule has 1 rings (SSSR count). The van der Waals surface area contributed by atoms with E-state index in [9.17, 15) is 9.90 Å². The van der Waals surface area contributed by atoms with E-state index in [1.54, 1.807) is 19.9 Å². The Morgan fingerprint density at radius 2 is 2.31 bits per heavy atom. The fourth-order valence-corrected chi connectivity index (χ4v) is 0.911. The van der Waals surface area contributed by atoms with E-state index in [2.05, 4.69) is 4.98 Å². The van der Waals surface area contributed by atoms with Crippen LogP contribution in [0.1, 0.15) is 23.0 Å². The van der Waals surface area contributed by atoms with E-state index in [0.717, 1.165) is 0 Å². The third-order valence-corrected chi connectivity index (χ3v) is 1.51. The van der Waals surface area contributed by atoms with Crippen molar-refractivity contribution >= 4 is 5.97 Å². The SMILES string of the molecule is CCOC(=O)c1ccc(C)nc1O. The van der Waals surface area contributed by atoms with Gasteiger partial charge in [0.15, 0.2) is 0 Å². The first-order valence-electron chi connectivity index (χ1n) is 3.99. The number of carbonyl (C=O) groups excluding carboxylic acids is 1. The molecule has 0 spiro atoms. The zero-order valence-electron chi connectivity index (χ0n) is 7.57. The van der Waals surface area contributed by atoms with Gasteiger partial charge in [-0.15, -0.1) is 0 Å². The Morgan fingerprint density at radius 3 is 2.85 bits per heavy atom. The molecule has 0 aromatic carbocycles. The van der Waals surface area contributed by atoms with Crippen molar-refractivity contribution in [3.63, 3.8) is 0 Å². The van der Waals surface area contributed by atoms with Crippen molar-refractivity contribution in [3.8, 4) is 5.88 Å². The van der Waals surface area contributed by atoms with Crippen LogP contribution in [0.3, 0.4) is 0 Å². The fraction of sp³-hybridized carbons (Fsp3) is 0.333. The van der Waals surface area contributed by atoms with Crippen LogP contribution in [0, 0.1) is 6.92 Å². The summed E-state index contributed by atoms with van der Waals surface area (Å²) in [7, 11) is 0. The molecule has 0 fully saturated rings. The van der Waals surface area contributed by atoms with Crippen LogP contribution in [0.5, 0.6) is 5.88 Å². The van der Waals surface area contributed by atoms with Crippen LogP contribution in [-0.2, 0) is 4.74 Å². The van der Waals surface area contributed by atoms with Crippen LogP contribution in [0.25, 0.3) is 0 Å². The van der Waals surface area contributed by atoms with E-state index >= 15 is 0 Å². The summed E-state index contributed by atoms with van der Waals surface area (Å²) in [6.45, 7) is 3.72. The molecule has 0 unspecified atom stereocenters. The van der Waals surface area contributed by atoms with E-state index in [0.29, 0.717) is 5.69 Å². The van der Waals surface area contributed by atoms with Gasteiger partial charge in [-0.3, -0.25) is 0 Å². The molecule has 1 heterocycles. The lowest BCUT2D eigenvalue weighted by atomic mass is 10.2. The van der Waals surface area contributed by atoms with E-state index in [1.807, 2.05) is 0 Å². The number of hydrogen-bond donors (Lipinski definition) is 1. The first-order chi connectivity index (χ1) is 6.15. The van der Waals surface area contributed by atoms with Crippen LogP contribution in [0.2, 0.25) is 0 Å². The van der Waals surface area contributed by atoms with Gasteiger partial charge in [0.05, 0.1) is 6.61 Å². The molecule has 0 radical (unpaired) electrons. The van der Waals surface area contributed by atoms with Crippen molar-refractivity contribution in [1.82, 2.24) is 4.98 Å². The Kier molecular flexibility index (Phi) is 2.84. The number of ether oxygens (including phenoxy) is 1. The number of esters is 1. The normalized spacial score (nSPS) is 9.69. The number of carbonyl (C=O) groups is 1. The molecule has 0 saturated carbocycles. The standard InChI is InChI=1S/C9H11NO3/c1-3-13-9(12)7-5-4-6(2)10-8(7)11/h4-5H,3H2,1-2H3,(H,10,11). The minimum atomic E-state index is -0.549. The molecule has 0 aliphatic carbocycles. The number of hydrogen-bond acceptors (Lipinski definition) is 4. The topological polar surface area (TPSA) is 59.4 Å². The van der Waals surface area contributed by atoms with Crippen molar-refractivity contribution in [2.75, 3.05) is 6.61 Å². The van der Waals surface area contributed by atoms with Crippen molar-refractivity contribution < 1.29 is 14.6 Å². The predicted molar refractivity (Wildman–Crippen MR) is 46.6 cm³/mol. The second-order valence-corrected chi connectivity index (χ2v) is 2.54. The van der Waals surface area contributed by atoms with Crippen molar-refractivity contribution in [2.24, 2.45) is 0 Å². The zero-order valence-corrected chi connectivity index (χ0v) is 7.57. The molecule has 1 N–H and O–H groups in total. The summed E-state index contributed by atoms with van der Waals surface area (Å²) in [5, 5.41) is 9.28. The van der Waals surface area contributed by atoms with Crippen molar-refractivity contribution in [3.05, 3.63) is 23.4 Å². The monoisotopic (exact) mass is 181 g/mol. The zero-order chi connectivity index (χ0) is 9.84. The lowest BCUT2D eigenvalue weighted by Crippen LogP contribution is -2.05. The molecule has 0 atom stereocenters. The maximum absolute atomic E-state index is 11.2. The maximum Gasteiger partial charge on any atom is 0.343 e. The highest BCUT2D eigenvalue weighted by atomic mass is 16.5. The smallest absolute Gasteiger partial charge is 0.343 e. The van der Waals surface area contributed by atoms with Gasteiger partial charge in [0.1, 0.15) is 5.56 Å². The number of pyridine rings is 1. The second-order valence-electron chi connectivity index (χ2n) is 2.54. The molecule has 0 aliphatic rings. The maximum atomic E-state index is 11.2. The third-order valence-electron chi connectivity index (χ3n) is 1.51. The highest BCUT2D eigenvalue weighted by Crippen LogP contribution is 2.14. The Labute approximate surface area is 76.2 Å². The fourth-order valence-electron chi connectivity index (χ4n) is 0.911. The quantitative estimate of drug-likeness (QED) is 0.698. The second kappa shape index (κ2) is 3.89. The lowest BCUT2D eigenvalue weighted by Gasteiger charge is -2.03. The average Bonchev–Trinajstić information content (AvgIpc) is 2.04. The van der Waals surface area contributed by atoms with Gasteiger partial charge < -0.3 is 9.84 Å². The summed E-state index contributed by atoms with van der Waals surface area (Å²) in [5.41, 5.74) is 0.762. The first-order valence-corrected chi connectivity index (χ1v) is 3.99. The Bertz CT molecular complexity index is 323. The van der Waals surface area contributed by atoms with Gasteiger partial charge in [0, 0.05) is 5.69 Å². The van der Waals surface area contributed by atoms with Crippen LogP contribution in [0.4, 0.5) is 0 Å². The van der Waals surface area contributed by atoms with E-state index in [1.165, 1.54) is 6.07 Å². The van der Waals surface area contributed by atoms with Crippen LogP contribution in [-0.4, -0.2) is 22.7 Å². The molecule has 0 amide bonds. The van der Waals surface area contributed by atoms with E-state index in [-0.39, 0.29) is 18.1 Å². The minimum Gasteiger partial charge on any atom is -0.493 e. The van der Waals surface area contributed by atoms with Crippen molar-refractivity contribution in [2.45, 2.75) is 13.8 Å². The van der Waals surface area contributed by atoms with Gasteiger partial charge in [-0.1, -0.05) is 0 Å². The number of aryl methyl sites for hydroxylation is 1. The first kappa shape index (κ1) is 9.51. The molecule has 0 aliphatic heterocycles. The van der Waals surface area contributed by atoms with E-state index in [4.69, 9.17) is 4.74 Å². The summed E-state index contributed by atoms with van der Waals surface area (Å²) in [4.78, 5) is 14.9. The summed E-state index contributed by atoms with van der Waals surface area (Å²) >= 11 is 0. The molecule has 0 saturated heterocycles. The van der Waals surface area contributed by atoms with Gasteiger partial charge in [0.25, 0.3) is 0 Å². The molecule has 13 heavy (non-hydrogen) atoms. The largest absolute Gasteiger partial charge is 0.493 e. The van der Waals surface area contributed by atoms with Gasteiger partial charge in [-0.25, -0.2) is 9.78 Å². The molecular formula is C9H11NO3. The number of nitrogens with zero attached hydrogens (tertiary/aromatic N) is 1. The van der Waals surface area contributed by atoms with Crippen LogP contribution in [0.15, 0.2) is 12.1 Å². The highest BCUT2D eigenvalue weighted by molar-refractivity contribution is 5.91. The average molecular weight is 181 g/mol. The predicted octanol–water partition coefficient (Wildman–Crippen LogP) is 1.27. The Hall–Kier alpha value is -1.58. The van der Waals surface area contributed by atoms with Crippen molar-refractivity contribution in [1.29, 1.82) is 0 Å². The summed E-state index contributed by atoms with van der Waals surface area (Å²) < 4.78 is 4.71. The number of aromatic hydroxyl groups is 1. The molecular weight excluding hydrogens is 170 g/mol. The molecule has 4 heteroatoms. The molecule has 4 nitrogen and oxygen atoms in total. The lowest BCUT2D eigenvalue weighted by molar-refractivity contribution is 0.0522. The van der Waals surface area contributed by atoms with Crippen LogP contribution >= 0.6 is 0 Å². The molecule has 70 valence electrons. The minimum absolute atomic E-state index is 0.104. The third kappa shape index (κ3) is 2.18. The van der Waals surface area contributed by atoms with Crippen LogP contribution < -0.4 is 0 Å². The Morgan fingerprint density at radius 1 is 1.62 bits per heavy atom. The summed E-state index contributed by atoms with van der Waals surface area (Å²) in [6.07, 6.45) is 0.